The fourth-order valence-electron chi connectivity index (χ4n) is 5.21. The number of hydrogen-bond acceptors (Lipinski definition) is 3. The van der Waals surface area contributed by atoms with Crippen molar-refractivity contribution >= 4 is 17.3 Å². The largest absolute Gasteiger partial charge is 0.339 e. The molecule has 2 aromatic rings. The Hall–Kier alpha value is -2.33. The Kier molecular flexibility index (Phi) is 5.91. The lowest BCUT2D eigenvalue weighted by molar-refractivity contribution is 0.0773. The topological polar surface area (TPSA) is 26.8 Å². The number of piperidine rings is 1. The summed E-state index contributed by atoms with van der Waals surface area (Å²) >= 11 is 0. The third kappa shape index (κ3) is 3.91. The van der Waals surface area contributed by atoms with Crippen molar-refractivity contribution in [3.8, 4) is 0 Å². The second-order valence-corrected chi connectivity index (χ2v) is 8.41. The van der Waals surface area contributed by atoms with E-state index in [0.717, 1.165) is 18.7 Å². The summed E-state index contributed by atoms with van der Waals surface area (Å²) in [4.78, 5) is 19.7. The van der Waals surface area contributed by atoms with Crippen LogP contribution < -0.4 is 4.90 Å². The number of amides is 1. The molecule has 0 spiro atoms. The molecule has 2 saturated heterocycles. The lowest BCUT2D eigenvalue weighted by atomic mass is 9.95. The van der Waals surface area contributed by atoms with Crippen molar-refractivity contribution in [3.63, 3.8) is 0 Å². The highest BCUT2D eigenvalue weighted by Gasteiger charge is 2.40. The zero-order valence-electron chi connectivity index (χ0n) is 17.9. The van der Waals surface area contributed by atoms with Crippen LogP contribution in [0.15, 0.2) is 54.6 Å². The molecule has 29 heavy (non-hydrogen) atoms. The molecule has 154 valence electrons. The highest BCUT2D eigenvalue weighted by Crippen LogP contribution is 2.40. The first-order chi connectivity index (χ1) is 14.1. The van der Waals surface area contributed by atoms with E-state index in [1.54, 1.807) is 0 Å². The minimum Gasteiger partial charge on any atom is -0.339 e. The Balaban J connectivity index is 1.63. The summed E-state index contributed by atoms with van der Waals surface area (Å²) < 4.78 is 0. The van der Waals surface area contributed by atoms with Crippen LogP contribution in [-0.4, -0.2) is 54.0 Å². The monoisotopic (exact) mass is 391 g/mol. The number of hydrogen-bond donors (Lipinski definition) is 0. The Bertz CT molecular complexity index is 802. The van der Waals surface area contributed by atoms with Gasteiger partial charge in [-0.3, -0.25) is 4.79 Å². The van der Waals surface area contributed by atoms with Gasteiger partial charge in [0, 0.05) is 48.2 Å². The molecular weight excluding hydrogens is 358 g/mol. The molecule has 2 heterocycles. The quantitative estimate of drug-likeness (QED) is 0.698. The molecule has 0 N–H and O–H groups in total. The summed E-state index contributed by atoms with van der Waals surface area (Å²) in [6, 6.07) is 20.8. The van der Waals surface area contributed by atoms with Crippen molar-refractivity contribution in [2.45, 2.75) is 57.7 Å². The minimum absolute atomic E-state index is 0.116. The van der Waals surface area contributed by atoms with Crippen LogP contribution >= 0.6 is 0 Å². The Morgan fingerprint density at radius 1 is 0.897 bits per heavy atom. The number of carbonyl (C=O) groups is 1. The average molecular weight is 392 g/mol. The van der Waals surface area contributed by atoms with E-state index in [1.165, 1.54) is 37.1 Å². The van der Waals surface area contributed by atoms with E-state index < -0.39 is 0 Å². The van der Waals surface area contributed by atoms with Crippen LogP contribution in [-0.2, 0) is 0 Å². The lowest BCUT2D eigenvalue weighted by Crippen LogP contribution is -2.47. The Labute approximate surface area is 175 Å². The van der Waals surface area contributed by atoms with Gasteiger partial charge in [-0.25, -0.2) is 0 Å². The van der Waals surface area contributed by atoms with Crippen LogP contribution in [0.4, 0.5) is 11.4 Å². The van der Waals surface area contributed by atoms with E-state index in [-0.39, 0.29) is 5.91 Å². The minimum atomic E-state index is 0.116. The van der Waals surface area contributed by atoms with Gasteiger partial charge in [0.1, 0.15) is 0 Å². The molecule has 0 aliphatic carbocycles. The molecule has 0 aromatic heterocycles. The van der Waals surface area contributed by atoms with Gasteiger partial charge in [-0.15, -0.1) is 0 Å². The molecule has 4 nitrogen and oxygen atoms in total. The summed E-state index contributed by atoms with van der Waals surface area (Å²) in [6.07, 6.45) is 5.03. The van der Waals surface area contributed by atoms with Crippen LogP contribution in [0.3, 0.4) is 0 Å². The van der Waals surface area contributed by atoms with Crippen molar-refractivity contribution in [1.82, 2.24) is 9.80 Å². The molecule has 2 bridgehead atoms. The lowest BCUT2D eigenvalue weighted by Gasteiger charge is -2.43. The second-order valence-electron chi connectivity index (χ2n) is 8.41. The molecule has 0 radical (unpaired) electrons. The molecule has 2 aliphatic rings. The van der Waals surface area contributed by atoms with E-state index in [1.807, 2.05) is 30.9 Å². The van der Waals surface area contributed by atoms with Gasteiger partial charge in [0.2, 0.25) is 0 Å². The van der Waals surface area contributed by atoms with Crippen LogP contribution in [0, 0.1) is 0 Å². The highest BCUT2D eigenvalue weighted by molar-refractivity contribution is 5.94. The molecule has 0 saturated carbocycles. The number of benzene rings is 2. The van der Waals surface area contributed by atoms with Crippen molar-refractivity contribution in [2.24, 2.45) is 0 Å². The van der Waals surface area contributed by atoms with Gasteiger partial charge in [0.25, 0.3) is 5.91 Å². The summed E-state index contributed by atoms with van der Waals surface area (Å²) in [5.41, 5.74) is 3.19. The molecule has 4 rings (SSSR count). The van der Waals surface area contributed by atoms with Crippen molar-refractivity contribution in [2.75, 3.05) is 25.0 Å². The first kappa shape index (κ1) is 20.0. The predicted octanol–water partition coefficient (Wildman–Crippen LogP) is 4.93. The van der Waals surface area contributed by atoms with E-state index in [0.29, 0.717) is 18.1 Å². The molecular formula is C25H33N3O. The molecule has 0 unspecified atom stereocenters. The van der Waals surface area contributed by atoms with Crippen molar-refractivity contribution in [1.29, 1.82) is 0 Å². The fourth-order valence-corrected chi connectivity index (χ4v) is 5.21. The maximum absolute atomic E-state index is 12.7. The molecule has 4 heteroatoms. The SMILES string of the molecule is CCN(CC)C(=O)c1ccc(N(c2ccccc2)[C@H]2C[C@H]3CC[C@@H](C2)N3C)cc1. The van der Waals surface area contributed by atoms with Gasteiger partial charge < -0.3 is 14.7 Å². The van der Waals surface area contributed by atoms with Gasteiger partial charge in [0.15, 0.2) is 0 Å². The number of nitrogens with zero attached hydrogens (tertiary/aromatic N) is 3. The maximum atomic E-state index is 12.7. The predicted molar refractivity (Wildman–Crippen MR) is 120 cm³/mol. The van der Waals surface area contributed by atoms with Crippen molar-refractivity contribution < 1.29 is 4.79 Å². The summed E-state index contributed by atoms with van der Waals surface area (Å²) in [5, 5.41) is 0. The van der Waals surface area contributed by atoms with Crippen LogP contribution in [0.1, 0.15) is 49.9 Å². The smallest absolute Gasteiger partial charge is 0.253 e. The summed E-state index contributed by atoms with van der Waals surface area (Å²) in [5.74, 6) is 0.116. The first-order valence-electron chi connectivity index (χ1n) is 11.1. The zero-order chi connectivity index (χ0) is 20.4. The molecule has 1 amide bonds. The number of rotatable bonds is 6. The van der Waals surface area contributed by atoms with Gasteiger partial charge >= 0.3 is 0 Å². The third-order valence-electron chi connectivity index (χ3n) is 6.92. The van der Waals surface area contributed by atoms with Crippen molar-refractivity contribution in [3.05, 3.63) is 60.2 Å². The number of carbonyl (C=O) groups excluding carboxylic acids is 1. The number of fused-ring (bicyclic) bond motifs is 2. The Morgan fingerprint density at radius 3 is 2.00 bits per heavy atom. The van der Waals surface area contributed by atoms with Crippen LogP contribution in [0.5, 0.6) is 0 Å². The Morgan fingerprint density at radius 2 is 1.45 bits per heavy atom. The van der Waals surface area contributed by atoms with E-state index >= 15 is 0 Å². The van der Waals surface area contributed by atoms with E-state index in [9.17, 15) is 4.79 Å². The molecule has 2 fully saturated rings. The number of anilines is 2. The van der Waals surface area contributed by atoms with E-state index in [2.05, 4.69) is 59.3 Å². The molecule has 2 aromatic carbocycles. The molecule has 2 aliphatic heterocycles. The third-order valence-corrected chi connectivity index (χ3v) is 6.92. The summed E-state index contributed by atoms with van der Waals surface area (Å²) in [6.45, 7) is 5.54. The first-order valence-corrected chi connectivity index (χ1v) is 11.1. The van der Waals surface area contributed by atoms with Gasteiger partial charge in [-0.05, 0) is 83.0 Å². The second kappa shape index (κ2) is 8.58. The zero-order valence-corrected chi connectivity index (χ0v) is 17.9. The molecule has 3 atom stereocenters. The van der Waals surface area contributed by atoms with Gasteiger partial charge in [-0.1, -0.05) is 18.2 Å². The standard InChI is InChI=1S/C25H33N3O/c1-4-27(5-2)25(29)19-11-13-21(14-12-19)28(20-9-7-6-8-10-20)24-17-22-15-16-23(18-24)26(22)3/h6-14,22-24H,4-5,15-18H2,1-3H3/t22-,23+,24+. The van der Waals surface area contributed by atoms with E-state index in [4.69, 9.17) is 0 Å². The van der Waals surface area contributed by atoms with Crippen LogP contribution in [0.25, 0.3) is 0 Å². The fraction of sp³-hybridized carbons (Fsp3) is 0.480. The number of para-hydroxylation sites is 1. The van der Waals surface area contributed by atoms with Gasteiger partial charge in [0.05, 0.1) is 0 Å². The average Bonchev–Trinajstić information content (AvgIpc) is 2.96. The summed E-state index contributed by atoms with van der Waals surface area (Å²) in [7, 11) is 2.29. The van der Waals surface area contributed by atoms with Crippen LogP contribution in [0.2, 0.25) is 0 Å². The maximum Gasteiger partial charge on any atom is 0.253 e. The normalized spacial score (nSPS) is 23.8. The van der Waals surface area contributed by atoms with Gasteiger partial charge in [-0.2, -0.15) is 0 Å². The highest BCUT2D eigenvalue weighted by atomic mass is 16.2.